The van der Waals surface area contributed by atoms with Gasteiger partial charge < -0.3 is 4.74 Å². The van der Waals surface area contributed by atoms with Crippen LogP contribution < -0.4 is 10.1 Å². The number of aryl methyl sites for hydroxylation is 1. The molecule has 0 aliphatic carbocycles. The highest BCUT2D eigenvalue weighted by Crippen LogP contribution is 2.22. The lowest BCUT2D eigenvalue weighted by atomic mass is 10.1. The molecule has 2 aromatic heterocycles. The van der Waals surface area contributed by atoms with E-state index in [0.29, 0.717) is 17.2 Å². The largest absolute Gasteiger partial charge is 0.497 e. The minimum absolute atomic E-state index is 0.283. The predicted molar refractivity (Wildman–Crippen MR) is 77.4 cm³/mol. The number of amides is 1. The second-order valence-corrected chi connectivity index (χ2v) is 4.47. The maximum atomic E-state index is 12.2. The Bertz CT molecular complexity index is 798. The molecule has 0 radical (unpaired) electrons. The van der Waals surface area contributed by atoms with Gasteiger partial charge in [-0.05, 0) is 25.1 Å². The number of rotatable bonds is 3. The van der Waals surface area contributed by atoms with Gasteiger partial charge in [-0.15, -0.1) is 0 Å². The van der Waals surface area contributed by atoms with Crippen LogP contribution in [0, 0.1) is 6.92 Å². The highest BCUT2D eigenvalue weighted by molar-refractivity contribution is 6.06. The molecule has 2 heterocycles. The molecule has 7 nitrogen and oxygen atoms in total. The average Bonchev–Trinajstić information content (AvgIpc) is 2.98. The van der Waals surface area contributed by atoms with Crippen molar-refractivity contribution >= 4 is 22.8 Å². The zero-order chi connectivity index (χ0) is 14.8. The van der Waals surface area contributed by atoms with E-state index in [2.05, 4.69) is 25.5 Å². The molecule has 1 aromatic carbocycles. The Morgan fingerprint density at radius 3 is 2.90 bits per heavy atom. The van der Waals surface area contributed by atoms with Gasteiger partial charge in [0.25, 0.3) is 5.91 Å². The van der Waals surface area contributed by atoms with Gasteiger partial charge in [0.1, 0.15) is 12.1 Å². The number of aromatic amines is 1. The summed E-state index contributed by atoms with van der Waals surface area (Å²) in [5, 5.41) is 9.76. The number of H-pyrrole nitrogens is 1. The molecule has 3 aromatic rings. The van der Waals surface area contributed by atoms with E-state index in [1.54, 1.807) is 20.1 Å². The zero-order valence-electron chi connectivity index (χ0n) is 11.5. The summed E-state index contributed by atoms with van der Waals surface area (Å²) in [5.74, 6) is 0.747. The number of fused-ring (bicyclic) bond motifs is 1. The van der Waals surface area contributed by atoms with Crippen LogP contribution in [0.15, 0.2) is 30.6 Å². The van der Waals surface area contributed by atoms with E-state index in [1.165, 1.54) is 6.33 Å². The Morgan fingerprint density at radius 1 is 1.33 bits per heavy atom. The third-order valence-corrected chi connectivity index (χ3v) is 3.11. The zero-order valence-corrected chi connectivity index (χ0v) is 11.5. The Labute approximate surface area is 120 Å². The van der Waals surface area contributed by atoms with Crippen molar-refractivity contribution < 1.29 is 9.53 Å². The van der Waals surface area contributed by atoms with Crippen molar-refractivity contribution in [2.24, 2.45) is 0 Å². The fourth-order valence-corrected chi connectivity index (χ4v) is 2.04. The first kappa shape index (κ1) is 13.0. The number of nitrogens with zero attached hydrogens (tertiary/aromatic N) is 3. The summed E-state index contributed by atoms with van der Waals surface area (Å²) in [5.41, 5.74) is 1.90. The summed E-state index contributed by atoms with van der Waals surface area (Å²) in [6, 6.07) is 7.33. The van der Waals surface area contributed by atoms with Crippen LogP contribution in [0.5, 0.6) is 5.75 Å². The van der Waals surface area contributed by atoms with Crippen LogP contribution in [0.25, 0.3) is 10.9 Å². The number of pyridine rings is 1. The molecule has 21 heavy (non-hydrogen) atoms. The third-order valence-electron chi connectivity index (χ3n) is 3.11. The van der Waals surface area contributed by atoms with Crippen LogP contribution in [0.2, 0.25) is 0 Å². The van der Waals surface area contributed by atoms with Gasteiger partial charge in [-0.2, -0.15) is 10.1 Å². The Morgan fingerprint density at radius 2 is 2.19 bits per heavy atom. The maximum Gasteiger partial charge on any atom is 0.259 e. The summed E-state index contributed by atoms with van der Waals surface area (Å²) in [4.78, 5) is 20.5. The summed E-state index contributed by atoms with van der Waals surface area (Å²) < 4.78 is 5.17. The minimum Gasteiger partial charge on any atom is -0.497 e. The highest BCUT2D eigenvalue weighted by Gasteiger charge is 2.13. The van der Waals surface area contributed by atoms with E-state index < -0.39 is 0 Å². The quantitative estimate of drug-likeness (QED) is 0.766. The lowest BCUT2D eigenvalue weighted by Gasteiger charge is -2.08. The van der Waals surface area contributed by atoms with Crippen molar-refractivity contribution in [3.63, 3.8) is 0 Å². The summed E-state index contributed by atoms with van der Waals surface area (Å²) in [6.45, 7) is 1.79. The Balaban J connectivity index is 1.98. The first-order valence-corrected chi connectivity index (χ1v) is 6.29. The van der Waals surface area contributed by atoms with Crippen LogP contribution in [-0.2, 0) is 0 Å². The molecule has 0 bridgehead atoms. The molecule has 2 N–H and O–H groups in total. The second kappa shape index (κ2) is 5.20. The van der Waals surface area contributed by atoms with E-state index in [-0.39, 0.29) is 5.91 Å². The number of methoxy groups -OCH3 is 1. The number of hydrogen-bond acceptors (Lipinski definition) is 5. The number of ether oxygens (including phenoxy) is 1. The third kappa shape index (κ3) is 2.53. The summed E-state index contributed by atoms with van der Waals surface area (Å²) >= 11 is 0. The number of nitrogens with one attached hydrogen (secondary N) is 2. The van der Waals surface area contributed by atoms with Crippen molar-refractivity contribution in [1.29, 1.82) is 0 Å². The molecular weight excluding hydrogens is 270 g/mol. The molecule has 0 saturated heterocycles. The molecule has 0 saturated carbocycles. The normalized spacial score (nSPS) is 10.6. The van der Waals surface area contributed by atoms with Crippen molar-refractivity contribution in [2.75, 3.05) is 12.4 Å². The van der Waals surface area contributed by atoms with Gasteiger partial charge in [0.2, 0.25) is 5.95 Å². The van der Waals surface area contributed by atoms with Crippen molar-refractivity contribution in [2.45, 2.75) is 6.92 Å². The van der Waals surface area contributed by atoms with E-state index in [0.717, 1.165) is 16.7 Å². The molecule has 7 heteroatoms. The standard InChI is InChI=1S/C14H13N5O2/c1-8-11(13(20)18-14-15-7-16-19-14)5-9-3-4-10(21-2)6-12(9)17-8/h3-7H,1-2H3,(H2,15,16,18,19,20). The maximum absolute atomic E-state index is 12.2. The van der Waals surface area contributed by atoms with Gasteiger partial charge >= 0.3 is 0 Å². The predicted octanol–water partition coefficient (Wildman–Crippen LogP) is 1.92. The first-order valence-electron chi connectivity index (χ1n) is 6.29. The molecule has 106 valence electrons. The van der Waals surface area contributed by atoms with Crippen LogP contribution in [0.3, 0.4) is 0 Å². The molecule has 0 aliphatic heterocycles. The SMILES string of the molecule is COc1ccc2cc(C(=O)Nc3ncn[nH]3)c(C)nc2c1. The number of carbonyl (C=O) groups excluding carboxylic acids is 1. The minimum atomic E-state index is -0.283. The molecule has 0 fully saturated rings. The van der Waals surface area contributed by atoms with Crippen LogP contribution in [0.1, 0.15) is 16.1 Å². The topological polar surface area (TPSA) is 92.8 Å². The lowest BCUT2D eigenvalue weighted by molar-refractivity contribution is 0.102. The van der Waals surface area contributed by atoms with Crippen LogP contribution in [0.4, 0.5) is 5.95 Å². The lowest BCUT2D eigenvalue weighted by Crippen LogP contribution is -2.15. The smallest absolute Gasteiger partial charge is 0.259 e. The van der Waals surface area contributed by atoms with Gasteiger partial charge in [-0.3, -0.25) is 15.1 Å². The van der Waals surface area contributed by atoms with Gasteiger partial charge in [-0.25, -0.2) is 5.10 Å². The summed E-state index contributed by atoms with van der Waals surface area (Å²) in [7, 11) is 1.60. The van der Waals surface area contributed by atoms with Crippen molar-refractivity contribution in [1.82, 2.24) is 20.2 Å². The molecule has 0 aliphatic rings. The van der Waals surface area contributed by atoms with E-state index in [4.69, 9.17) is 4.74 Å². The number of hydrogen-bond donors (Lipinski definition) is 2. The number of aromatic nitrogens is 4. The van der Waals surface area contributed by atoms with E-state index >= 15 is 0 Å². The fourth-order valence-electron chi connectivity index (χ4n) is 2.04. The van der Waals surface area contributed by atoms with Gasteiger partial charge in [-0.1, -0.05) is 0 Å². The number of anilines is 1. The van der Waals surface area contributed by atoms with Crippen LogP contribution >= 0.6 is 0 Å². The molecule has 0 atom stereocenters. The Hall–Kier alpha value is -2.96. The molecule has 0 spiro atoms. The van der Waals surface area contributed by atoms with E-state index in [1.807, 2.05) is 18.2 Å². The highest BCUT2D eigenvalue weighted by atomic mass is 16.5. The monoisotopic (exact) mass is 283 g/mol. The number of carbonyl (C=O) groups is 1. The molecule has 0 unspecified atom stereocenters. The molecule has 3 rings (SSSR count). The van der Waals surface area contributed by atoms with E-state index in [9.17, 15) is 4.79 Å². The Kier molecular flexibility index (Phi) is 3.23. The van der Waals surface area contributed by atoms with Gasteiger partial charge in [0, 0.05) is 11.5 Å². The molecular formula is C14H13N5O2. The first-order chi connectivity index (χ1) is 10.2. The number of benzene rings is 1. The van der Waals surface area contributed by atoms with Gasteiger partial charge in [0.15, 0.2) is 0 Å². The van der Waals surface area contributed by atoms with Crippen molar-refractivity contribution in [3.8, 4) is 5.75 Å². The average molecular weight is 283 g/mol. The fraction of sp³-hybridized carbons (Fsp3) is 0.143. The van der Waals surface area contributed by atoms with Crippen molar-refractivity contribution in [3.05, 3.63) is 41.9 Å². The molecule has 1 amide bonds. The van der Waals surface area contributed by atoms with Gasteiger partial charge in [0.05, 0.1) is 23.9 Å². The van der Waals surface area contributed by atoms with Crippen LogP contribution in [-0.4, -0.2) is 33.2 Å². The second-order valence-electron chi connectivity index (χ2n) is 4.47. The summed E-state index contributed by atoms with van der Waals surface area (Å²) in [6.07, 6.45) is 1.33.